The Hall–Kier alpha value is -3.80. The molecule has 0 aliphatic rings. The van der Waals surface area contributed by atoms with E-state index in [9.17, 15) is 4.79 Å². The van der Waals surface area contributed by atoms with Crippen LogP contribution in [0.25, 0.3) is 0 Å². The van der Waals surface area contributed by atoms with E-state index in [-0.39, 0.29) is 5.56 Å². The number of nitrogens with one attached hydrogen (secondary N) is 1. The number of aromatic nitrogens is 1. The third kappa shape index (κ3) is 4.61. The number of hydrogen-bond donors (Lipinski definition) is 2. The highest BCUT2D eigenvalue weighted by Gasteiger charge is 2.04. The second-order valence-corrected chi connectivity index (χ2v) is 5.31. The number of amidine groups is 1. The van der Waals surface area contributed by atoms with Gasteiger partial charge in [0, 0.05) is 6.20 Å². The van der Waals surface area contributed by atoms with Gasteiger partial charge in [0.2, 0.25) is 0 Å². The Balaban J connectivity index is 1.80. The lowest BCUT2D eigenvalue weighted by molar-refractivity contribution is 0.0697. The highest BCUT2D eigenvalue weighted by Crippen LogP contribution is 2.11. The molecule has 3 aromatic rings. The molecule has 0 amide bonds. The number of nitrogens with zero attached hydrogens (tertiary/aromatic N) is 3. The van der Waals surface area contributed by atoms with Gasteiger partial charge in [0.1, 0.15) is 5.69 Å². The van der Waals surface area contributed by atoms with E-state index in [4.69, 9.17) is 5.11 Å². The van der Waals surface area contributed by atoms with E-state index < -0.39 is 5.97 Å². The molecule has 0 atom stereocenters. The van der Waals surface area contributed by atoms with Gasteiger partial charge in [-0.3, -0.25) is 10.4 Å². The summed E-state index contributed by atoms with van der Waals surface area (Å²) in [5.74, 6) is -0.450. The van der Waals surface area contributed by atoms with E-state index in [1.54, 1.807) is 24.5 Å². The fraction of sp³-hybridized carbons (Fsp3) is 0. The number of hydrazone groups is 1. The molecule has 0 bridgehead atoms. The van der Waals surface area contributed by atoms with Crippen LogP contribution in [0.15, 0.2) is 89.1 Å². The molecule has 1 aromatic heterocycles. The molecule has 1 heterocycles. The molecule has 0 aliphatic carbocycles. The van der Waals surface area contributed by atoms with Crippen molar-refractivity contribution in [3.05, 3.63) is 95.8 Å². The van der Waals surface area contributed by atoms with Gasteiger partial charge in [0.25, 0.3) is 0 Å². The van der Waals surface area contributed by atoms with E-state index >= 15 is 0 Å². The van der Waals surface area contributed by atoms with Gasteiger partial charge in [-0.2, -0.15) is 5.10 Å². The largest absolute Gasteiger partial charge is 0.478 e. The first-order valence-corrected chi connectivity index (χ1v) is 7.90. The number of carboxylic acid groups (broad SMARTS) is 1. The third-order valence-electron chi connectivity index (χ3n) is 3.45. The number of aliphatic imine (C=N–C) groups is 1. The van der Waals surface area contributed by atoms with Crippen molar-refractivity contribution in [3.8, 4) is 0 Å². The Kier molecular flexibility index (Phi) is 5.47. The predicted molar refractivity (Wildman–Crippen MR) is 101 cm³/mol. The van der Waals surface area contributed by atoms with Gasteiger partial charge in [-0.05, 0) is 42.0 Å². The van der Waals surface area contributed by atoms with Crippen LogP contribution >= 0.6 is 0 Å². The van der Waals surface area contributed by atoms with Crippen LogP contribution in [0.5, 0.6) is 0 Å². The number of aromatic carboxylic acids is 1. The summed E-state index contributed by atoms with van der Waals surface area (Å²) >= 11 is 0. The standard InChI is InChI=1S/C20H16N4O2/c25-20(26)16-11-9-15(10-12-16)14-22-24-19(18-8-4-5-13-21-18)23-17-6-2-1-3-7-17/h1-14H,(H,23,24)(H,25,26). The average molecular weight is 344 g/mol. The molecular weight excluding hydrogens is 328 g/mol. The molecule has 2 aromatic carbocycles. The lowest BCUT2D eigenvalue weighted by Crippen LogP contribution is -2.20. The molecule has 6 heteroatoms. The molecule has 0 aliphatic heterocycles. The first-order valence-electron chi connectivity index (χ1n) is 7.90. The van der Waals surface area contributed by atoms with Gasteiger partial charge in [0.05, 0.1) is 17.5 Å². The summed E-state index contributed by atoms with van der Waals surface area (Å²) in [5, 5.41) is 13.1. The lowest BCUT2D eigenvalue weighted by atomic mass is 10.1. The Morgan fingerprint density at radius 3 is 2.35 bits per heavy atom. The molecule has 128 valence electrons. The summed E-state index contributed by atoms with van der Waals surface area (Å²) in [4.78, 5) is 19.7. The fourth-order valence-electron chi connectivity index (χ4n) is 2.15. The number of hydrogen-bond acceptors (Lipinski definition) is 4. The van der Waals surface area contributed by atoms with Gasteiger partial charge in [-0.25, -0.2) is 9.79 Å². The number of carboxylic acids is 1. The topological polar surface area (TPSA) is 86.9 Å². The minimum atomic E-state index is -0.959. The van der Waals surface area contributed by atoms with Crippen molar-refractivity contribution >= 4 is 23.7 Å². The zero-order chi connectivity index (χ0) is 18.2. The Labute approximate surface area is 150 Å². The van der Waals surface area contributed by atoms with Gasteiger partial charge in [-0.15, -0.1) is 0 Å². The molecule has 3 rings (SSSR count). The van der Waals surface area contributed by atoms with E-state index in [1.807, 2.05) is 48.5 Å². The van der Waals surface area contributed by atoms with Crippen LogP contribution in [0.3, 0.4) is 0 Å². The van der Waals surface area contributed by atoms with Crippen LogP contribution in [0, 0.1) is 0 Å². The zero-order valence-corrected chi connectivity index (χ0v) is 13.8. The number of rotatable bonds is 5. The molecule has 0 fully saturated rings. The smallest absolute Gasteiger partial charge is 0.335 e. The number of benzene rings is 2. The van der Waals surface area contributed by atoms with Crippen LogP contribution < -0.4 is 5.43 Å². The Bertz CT molecular complexity index is 921. The van der Waals surface area contributed by atoms with Crippen molar-refractivity contribution in [1.82, 2.24) is 10.4 Å². The van der Waals surface area contributed by atoms with Gasteiger partial charge in [-0.1, -0.05) is 36.4 Å². The second kappa shape index (κ2) is 8.34. The summed E-state index contributed by atoms with van der Waals surface area (Å²) in [6.07, 6.45) is 3.28. The normalized spacial score (nSPS) is 11.5. The second-order valence-electron chi connectivity index (χ2n) is 5.31. The highest BCUT2D eigenvalue weighted by molar-refractivity contribution is 5.99. The summed E-state index contributed by atoms with van der Waals surface area (Å²) in [5.41, 5.74) is 5.35. The lowest BCUT2D eigenvalue weighted by Gasteiger charge is -2.05. The van der Waals surface area contributed by atoms with Crippen LogP contribution in [0.4, 0.5) is 5.69 Å². The van der Waals surface area contributed by atoms with Crippen molar-refractivity contribution < 1.29 is 9.90 Å². The first kappa shape index (κ1) is 17.0. The van der Waals surface area contributed by atoms with Gasteiger partial charge >= 0.3 is 5.97 Å². The van der Waals surface area contributed by atoms with E-state index in [0.717, 1.165) is 11.3 Å². The van der Waals surface area contributed by atoms with Crippen molar-refractivity contribution in [1.29, 1.82) is 0 Å². The molecule has 6 nitrogen and oxygen atoms in total. The molecule has 0 saturated heterocycles. The van der Waals surface area contributed by atoms with Crippen LogP contribution in [-0.2, 0) is 0 Å². The maximum Gasteiger partial charge on any atom is 0.335 e. The van der Waals surface area contributed by atoms with Crippen LogP contribution in [0.1, 0.15) is 21.6 Å². The zero-order valence-electron chi connectivity index (χ0n) is 13.8. The molecule has 2 N–H and O–H groups in total. The number of para-hydroxylation sites is 1. The Morgan fingerprint density at radius 1 is 0.962 bits per heavy atom. The van der Waals surface area contributed by atoms with Crippen molar-refractivity contribution in [2.24, 2.45) is 10.1 Å². The fourth-order valence-corrected chi connectivity index (χ4v) is 2.15. The van der Waals surface area contributed by atoms with Crippen molar-refractivity contribution in [3.63, 3.8) is 0 Å². The average Bonchev–Trinajstić information content (AvgIpc) is 2.69. The minimum absolute atomic E-state index is 0.231. The van der Waals surface area contributed by atoms with Gasteiger partial charge in [0.15, 0.2) is 5.84 Å². The van der Waals surface area contributed by atoms with Gasteiger partial charge < -0.3 is 5.11 Å². The molecule has 0 spiro atoms. The van der Waals surface area contributed by atoms with Crippen LogP contribution in [-0.4, -0.2) is 28.1 Å². The monoisotopic (exact) mass is 344 g/mol. The maximum absolute atomic E-state index is 10.9. The number of pyridine rings is 1. The molecular formula is C20H16N4O2. The van der Waals surface area contributed by atoms with E-state index in [1.165, 1.54) is 12.1 Å². The van der Waals surface area contributed by atoms with Crippen LogP contribution in [0.2, 0.25) is 0 Å². The quantitative estimate of drug-likeness (QED) is 0.421. The first-order chi connectivity index (χ1) is 12.7. The molecule has 0 saturated carbocycles. The summed E-state index contributed by atoms with van der Waals surface area (Å²) in [6, 6.07) is 21.5. The van der Waals surface area contributed by atoms with E-state index in [2.05, 4.69) is 20.5 Å². The summed E-state index contributed by atoms with van der Waals surface area (Å²) < 4.78 is 0. The van der Waals surface area contributed by atoms with E-state index in [0.29, 0.717) is 11.5 Å². The van der Waals surface area contributed by atoms with Crippen molar-refractivity contribution in [2.45, 2.75) is 0 Å². The molecule has 0 radical (unpaired) electrons. The molecule has 26 heavy (non-hydrogen) atoms. The number of carbonyl (C=O) groups is 1. The third-order valence-corrected chi connectivity index (χ3v) is 3.45. The Morgan fingerprint density at radius 2 is 1.69 bits per heavy atom. The summed E-state index contributed by atoms with van der Waals surface area (Å²) in [7, 11) is 0. The molecule has 0 unspecified atom stereocenters. The maximum atomic E-state index is 10.9. The minimum Gasteiger partial charge on any atom is -0.478 e. The summed E-state index contributed by atoms with van der Waals surface area (Å²) in [6.45, 7) is 0. The highest BCUT2D eigenvalue weighted by atomic mass is 16.4. The van der Waals surface area contributed by atoms with Crippen molar-refractivity contribution in [2.75, 3.05) is 0 Å². The SMILES string of the molecule is O=C(O)c1ccc(C=NNC(=Nc2ccccc2)c2ccccn2)cc1. The predicted octanol–water partition coefficient (Wildman–Crippen LogP) is 3.48.